The van der Waals surface area contributed by atoms with Crippen LogP contribution in [0.15, 0.2) is 60.9 Å². The van der Waals surface area contributed by atoms with Gasteiger partial charge >= 0.3 is 0 Å². The van der Waals surface area contributed by atoms with Crippen molar-refractivity contribution in [1.29, 1.82) is 0 Å². The minimum atomic E-state index is -0.275. The summed E-state index contributed by atoms with van der Waals surface area (Å²) in [7, 11) is 1.64. The second kappa shape index (κ2) is 9.19. The standard InChI is InChI=1S/C22H25N3O3/c1-16(2)17-8-4-6-10-19(17)28-20-11-7-5-9-18(20)21(26)24-22-23-12-13-25(22)14-15-27-3/h4-13,16H,14-15H2,1-3H3,(H,23,24,26). The van der Waals surface area contributed by atoms with Crippen LogP contribution in [0.2, 0.25) is 0 Å². The predicted octanol–water partition coefficient (Wildman–Crippen LogP) is 4.70. The third-order valence-electron chi connectivity index (χ3n) is 4.37. The molecular weight excluding hydrogens is 354 g/mol. The van der Waals surface area contributed by atoms with E-state index in [1.54, 1.807) is 31.6 Å². The molecule has 6 nitrogen and oxygen atoms in total. The van der Waals surface area contributed by atoms with Crippen LogP contribution in [-0.2, 0) is 11.3 Å². The number of carbonyl (C=O) groups is 1. The number of anilines is 1. The fourth-order valence-electron chi connectivity index (χ4n) is 2.88. The van der Waals surface area contributed by atoms with Gasteiger partial charge in [0, 0.05) is 26.0 Å². The van der Waals surface area contributed by atoms with Gasteiger partial charge in [-0.1, -0.05) is 44.2 Å². The number of ether oxygens (including phenoxy) is 2. The number of imidazole rings is 1. The number of amides is 1. The van der Waals surface area contributed by atoms with Crippen molar-refractivity contribution in [3.63, 3.8) is 0 Å². The molecule has 1 aromatic heterocycles. The van der Waals surface area contributed by atoms with Gasteiger partial charge in [-0.15, -0.1) is 0 Å². The number of benzene rings is 2. The SMILES string of the molecule is COCCn1ccnc1NC(=O)c1ccccc1Oc1ccccc1C(C)C. The molecule has 0 saturated carbocycles. The van der Waals surface area contributed by atoms with Crippen molar-refractivity contribution in [3.8, 4) is 11.5 Å². The summed E-state index contributed by atoms with van der Waals surface area (Å²) in [5.41, 5.74) is 1.54. The first kappa shape index (κ1) is 19.6. The highest BCUT2D eigenvalue weighted by molar-refractivity contribution is 6.05. The zero-order valence-corrected chi connectivity index (χ0v) is 16.4. The molecule has 0 spiro atoms. The van der Waals surface area contributed by atoms with Gasteiger partial charge in [0.1, 0.15) is 11.5 Å². The Morgan fingerprint density at radius 3 is 2.57 bits per heavy atom. The van der Waals surface area contributed by atoms with Crippen LogP contribution >= 0.6 is 0 Å². The number of hydrogen-bond acceptors (Lipinski definition) is 4. The van der Waals surface area contributed by atoms with Gasteiger partial charge in [-0.25, -0.2) is 4.98 Å². The fraction of sp³-hybridized carbons (Fsp3) is 0.273. The van der Waals surface area contributed by atoms with Crippen molar-refractivity contribution < 1.29 is 14.3 Å². The zero-order chi connectivity index (χ0) is 19.9. The van der Waals surface area contributed by atoms with E-state index in [0.717, 1.165) is 11.3 Å². The van der Waals surface area contributed by atoms with Crippen molar-refractivity contribution >= 4 is 11.9 Å². The van der Waals surface area contributed by atoms with Crippen LogP contribution in [-0.4, -0.2) is 29.2 Å². The number of rotatable bonds is 8. The summed E-state index contributed by atoms with van der Waals surface area (Å²) in [6.07, 6.45) is 3.45. The molecule has 0 fully saturated rings. The molecule has 1 heterocycles. The van der Waals surface area contributed by atoms with E-state index in [0.29, 0.717) is 36.3 Å². The maximum absolute atomic E-state index is 12.9. The number of para-hydroxylation sites is 2. The lowest BCUT2D eigenvalue weighted by molar-refractivity contribution is 0.102. The molecule has 0 aliphatic heterocycles. The van der Waals surface area contributed by atoms with Crippen molar-refractivity contribution in [3.05, 3.63) is 72.1 Å². The lowest BCUT2D eigenvalue weighted by Gasteiger charge is -2.16. The third-order valence-corrected chi connectivity index (χ3v) is 4.37. The number of carbonyl (C=O) groups excluding carboxylic acids is 1. The Kier molecular flexibility index (Phi) is 6.45. The molecule has 0 saturated heterocycles. The Bertz CT molecular complexity index is 934. The average molecular weight is 379 g/mol. The van der Waals surface area contributed by atoms with Gasteiger partial charge in [0.05, 0.1) is 12.2 Å². The van der Waals surface area contributed by atoms with Crippen LogP contribution in [0.1, 0.15) is 35.7 Å². The van der Waals surface area contributed by atoms with Crippen LogP contribution in [0.4, 0.5) is 5.95 Å². The summed E-state index contributed by atoms with van der Waals surface area (Å²) in [6, 6.07) is 15.1. The first-order chi connectivity index (χ1) is 13.6. The molecule has 0 aliphatic rings. The number of nitrogens with zero attached hydrogens (tertiary/aromatic N) is 2. The minimum Gasteiger partial charge on any atom is -0.456 e. The first-order valence-corrected chi connectivity index (χ1v) is 9.27. The van der Waals surface area contributed by atoms with Gasteiger partial charge in [0.2, 0.25) is 5.95 Å². The second-order valence-electron chi connectivity index (χ2n) is 6.68. The summed E-state index contributed by atoms with van der Waals surface area (Å²) in [6.45, 7) is 5.36. The Labute approximate surface area is 165 Å². The Balaban J connectivity index is 1.83. The molecule has 28 heavy (non-hydrogen) atoms. The first-order valence-electron chi connectivity index (χ1n) is 9.27. The molecule has 3 aromatic rings. The lowest BCUT2D eigenvalue weighted by Crippen LogP contribution is -2.17. The molecule has 3 rings (SSSR count). The quantitative estimate of drug-likeness (QED) is 0.616. The highest BCUT2D eigenvalue weighted by Crippen LogP contribution is 2.32. The van der Waals surface area contributed by atoms with Crippen molar-refractivity contribution in [1.82, 2.24) is 9.55 Å². The van der Waals surface area contributed by atoms with Crippen LogP contribution in [0.3, 0.4) is 0 Å². The van der Waals surface area contributed by atoms with Crippen LogP contribution in [0, 0.1) is 0 Å². The topological polar surface area (TPSA) is 65.4 Å². The van der Waals surface area contributed by atoms with Gasteiger partial charge in [-0.05, 0) is 29.7 Å². The predicted molar refractivity (Wildman–Crippen MR) is 109 cm³/mol. The molecule has 0 radical (unpaired) electrons. The molecule has 0 bridgehead atoms. The van der Waals surface area contributed by atoms with Crippen molar-refractivity contribution in [2.75, 3.05) is 19.0 Å². The van der Waals surface area contributed by atoms with Gasteiger partial charge < -0.3 is 14.0 Å². The van der Waals surface area contributed by atoms with E-state index in [4.69, 9.17) is 9.47 Å². The molecule has 146 valence electrons. The molecular formula is C22H25N3O3. The summed E-state index contributed by atoms with van der Waals surface area (Å²) in [5, 5.41) is 2.86. The summed E-state index contributed by atoms with van der Waals surface area (Å²) in [5.74, 6) is 1.76. The Morgan fingerprint density at radius 1 is 1.11 bits per heavy atom. The van der Waals surface area contributed by atoms with Gasteiger partial charge in [-0.3, -0.25) is 10.1 Å². The van der Waals surface area contributed by atoms with E-state index in [2.05, 4.69) is 24.1 Å². The van der Waals surface area contributed by atoms with Crippen LogP contribution in [0.5, 0.6) is 11.5 Å². The highest BCUT2D eigenvalue weighted by atomic mass is 16.5. The largest absolute Gasteiger partial charge is 0.456 e. The molecule has 0 atom stereocenters. The van der Waals surface area contributed by atoms with E-state index >= 15 is 0 Å². The van der Waals surface area contributed by atoms with Gasteiger partial charge in [0.25, 0.3) is 5.91 Å². The van der Waals surface area contributed by atoms with E-state index in [-0.39, 0.29) is 5.91 Å². The molecule has 6 heteroatoms. The minimum absolute atomic E-state index is 0.275. The Hall–Kier alpha value is -3.12. The highest BCUT2D eigenvalue weighted by Gasteiger charge is 2.17. The monoisotopic (exact) mass is 379 g/mol. The summed E-state index contributed by atoms with van der Waals surface area (Å²) in [4.78, 5) is 17.1. The van der Waals surface area contributed by atoms with E-state index in [1.807, 2.05) is 41.0 Å². The number of nitrogens with one attached hydrogen (secondary N) is 1. The molecule has 0 unspecified atom stereocenters. The van der Waals surface area contributed by atoms with E-state index in [9.17, 15) is 4.79 Å². The van der Waals surface area contributed by atoms with E-state index < -0.39 is 0 Å². The number of hydrogen-bond donors (Lipinski definition) is 1. The number of methoxy groups -OCH3 is 1. The molecule has 2 aromatic carbocycles. The van der Waals surface area contributed by atoms with Gasteiger partial charge in [0.15, 0.2) is 0 Å². The molecule has 1 N–H and O–H groups in total. The zero-order valence-electron chi connectivity index (χ0n) is 16.4. The summed E-state index contributed by atoms with van der Waals surface area (Å²) < 4.78 is 13.1. The Morgan fingerprint density at radius 2 is 1.82 bits per heavy atom. The van der Waals surface area contributed by atoms with Gasteiger partial charge in [-0.2, -0.15) is 0 Å². The normalized spacial score (nSPS) is 10.9. The molecule has 0 aliphatic carbocycles. The van der Waals surface area contributed by atoms with E-state index in [1.165, 1.54) is 0 Å². The van der Waals surface area contributed by atoms with Crippen molar-refractivity contribution in [2.45, 2.75) is 26.3 Å². The lowest BCUT2D eigenvalue weighted by atomic mass is 10.0. The second-order valence-corrected chi connectivity index (χ2v) is 6.68. The molecule has 1 amide bonds. The average Bonchev–Trinajstić information content (AvgIpc) is 3.13. The maximum atomic E-state index is 12.9. The van der Waals surface area contributed by atoms with Crippen molar-refractivity contribution in [2.24, 2.45) is 0 Å². The van der Waals surface area contributed by atoms with Crippen LogP contribution in [0.25, 0.3) is 0 Å². The maximum Gasteiger partial charge on any atom is 0.261 e. The van der Waals surface area contributed by atoms with Crippen LogP contribution < -0.4 is 10.1 Å². The fourth-order valence-corrected chi connectivity index (χ4v) is 2.88. The third kappa shape index (κ3) is 4.58. The smallest absolute Gasteiger partial charge is 0.261 e. The summed E-state index contributed by atoms with van der Waals surface area (Å²) >= 11 is 0. The number of aromatic nitrogens is 2.